The minimum absolute atomic E-state index is 0.214. The average molecular weight is 265 g/mol. The van der Waals surface area contributed by atoms with Crippen molar-refractivity contribution in [2.45, 2.75) is 24.8 Å². The second-order valence-corrected chi connectivity index (χ2v) is 6.58. The molecule has 1 heterocycles. The molecular weight excluding hydrogens is 250 g/mol. The third-order valence-electron chi connectivity index (χ3n) is 2.32. The minimum Gasteiger partial charge on any atom is -0.480 e. The van der Waals surface area contributed by atoms with E-state index in [1.54, 1.807) is 0 Å². The van der Waals surface area contributed by atoms with E-state index in [0.717, 1.165) is 4.31 Å². The SMILES string of the molecule is C=CCS(=O)(=O)N1C(CC)SCC1C(=O)O. The topological polar surface area (TPSA) is 74.7 Å². The van der Waals surface area contributed by atoms with Gasteiger partial charge in [0, 0.05) is 5.75 Å². The highest BCUT2D eigenvalue weighted by atomic mass is 32.2. The molecule has 0 aromatic carbocycles. The number of rotatable bonds is 5. The summed E-state index contributed by atoms with van der Waals surface area (Å²) < 4.78 is 24.9. The Morgan fingerprint density at radius 1 is 1.69 bits per heavy atom. The average Bonchev–Trinajstić information content (AvgIpc) is 2.61. The van der Waals surface area contributed by atoms with Crippen LogP contribution in [-0.4, -0.2) is 46.7 Å². The molecule has 0 aromatic rings. The molecule has 0 amide bonds. The van der Waals surface area contributed by atoms with Gasteiger partial charge in [-0.2, -0.15) is 4.31 Å². The van der Waals surface area contributed by atoms with Crippen LogP contribution in [-0.2, 0) is 14.8 Å². The maximum Gasteiger partial charge on any atom is 0.322 e. The van der Waals surface area contributed by atoms with Crippen LogP contribution in [0.5, 0.6) is 0 Å². The number of thioether (sulfide) groups is 1. The van der Waals surface area contributed by atoms with Crippen molar-refractivity contribution >= 4 is 27.8 Å². The number of carboxylic acid groups (broad SMARTS) is 1. The van der Waals surface area contributed by atoms with Crippen molar-refractivity contribution in [3.63, 3.8) is 0 Å². The first-order valence-corrected chi connectivity index (χ1v) is 7.56. The summed E-state index contributed by atoms with van der Waals surface area (Å²) in [6.07, 6.45) is 1.88. The van der Waals surface area contributed by atoms with E-state index in [2.05, 4.69) is 6.58 Å². The van der Waals surface area contributed by atoms with Crippen LogP contribution in [0.1, 0.15) is 13.3 Å². The highest BCUT2D eigenvalue weighted by Crippen LogP contribution is 2.33. The van der Waals surface area contributed by atoms with Gasteiger partial charge in [-0.15, -0.1) is 18.3 Å². The maximum absolute atomic E-state index is 11.9. The lowest BCUT2D eigenvalue weighted by atomic mass is 10.3. The number of aliphatic carboxylic acids is 1. The quantitative estimate of drug-likeness (QED) is 0.742. The normalized spacial score (nSPS) is 26.8. The zero-order chi connectivity index (χ0) is 12.3. The van der Waals surface area contributed by atoms with Gasteiger partial charge in [0.2, 0.25) is 10.0 Å². The molecule has 2 atom stereocenters. The van der Waals surface area contributed by atoms with Crippen molar-refractivity contribution in [2.24, 2.45) is 0 Å². The molecule has 1 fully saturated rings. The molecule has 92 valence electrons. The van der Waals surface area contributed by atoms with Crippen molar-refractivity contribution in [1.82, 2.24) is 4.31 Å². The van der Waals surface area contributed by atoms with E-state index in [4.69, 9.17) is 5.11 Å². The second-order valence-electron chi connectivity index (χ2n) is 3.45. The number of hydrogen-bond donors (Lipinski definition) is 1. The van der Waals surface area contributed by atoms with Gasteiger partial charge in [0.15, 0.2) is 0 Å². The number of carbonyl (C=O) groups is 1. The molecule has 0 saturated carbocycles. The second kappa shape index (κ2) is 5.20. The van der Waals surface area contributed by atoms with E-state index in [1.165, 1.54) is 17.8 Å². The number of carboxylic acids is 1. The van der Waals surface area contributed by atoms with Gasteiger partial charge in [0.1, 0.15) is 6.04 Å². The lowest BCUT2D eigenvalue weighted by Crippen LogP contribution is -2.46. The van der Waals surface area contributed by atoms with Gasteiger partial charge in [0.05, 0.1) is 11.1 Å². The summed E-state index contributed by atoms with van der Waals surface area (Å²) in [4.78, 5) is 11.0. The summed E-state index contributed by atoms with van der Waals surface area (Å²) in [5.74, 6) is -0.992. The van der Waals surface area contributed by atoms with E-state index >= 15 is 0 Å². The standard InChI is InChI=1S/C9H15NO4S2/c1-3-5-16(13,14)10-7(9(11)12)6-15-8(10)4-2/h3,7-8H,1,4-6H2,2H3,(H,11,12). The zero-order valence-corrected chi connectivity index (χ0v) is 10.6. The van der Waals surface area contributed by atoms with Crippen molar-refractivity contribution < 1.29 is 18.3 Å². The Bertz CT molecular complexity index is 379. The lowest BCUT2D eigenvalue weighted by Gasteiger charge is -2.24. The smallest absolute Gasteiger partial charge is 0.322 e. The van der Waals surface area contributed by atoms with E-state index in [0.29, 0.717) is 12.2 Å². The monoisotopic (exact) mass is 265 g/mol. The Balaban J connectivity index is 3.03. The molecule has 0 aromatic heterocycles. The van der Waals surface area contributed by atoms with Crippen molar-refractivity contribution in [2.75, 3.05) is 11.5 Å². The van der Waals surface area contributed by atoms with Crippen LogP contribution in [0, 0.1) is 0 Å². The molecule has 0 spiro atoms. The molecule has 0 aliphatic carbocycles. The highest BCUT2D eigenvalue weighted by molar-refractivity contribution is 8.01. The first-order chi connectivity index (χ1) is 7.44. The molecule has 7 heteroatoms. The molecule has 1 aliphatic rings. The molecule has 0 radical (unpaired) electrons. The Labute approximate surface area is 99.6 Å². The van der Waals surface area contributed by atoms with E-state index in [-0.39, 0.29) is 11.1 Å². The van der Waals surface area contributed by atoms with Gasteiger partial charge in [-0.05, 0) is 6.42 Å². The Morgan fingerprint density at radius 2 is 2.31 bits per heavy atom. The Hall–Kier alpha value is -0.530. The molecule has 5 nitrogen and oxygen atoms in total. The van der Waals surface area contributed by atoms with Crippen LogP contribution in [0.2, 0.25) is 0 Å². The van der Waals surface area contributed by atoms with Crippen LogP contribution in [0.25, 0.3) is 0 Å². The van der Waals surface area contributed by atoms with Gasteiger partial charge < -0.3 is 5.11 Å². The summed E-state index contributed by atoms with van der Waals surface area (Å²) >= 11 is 1.37. The molecule has 2 unspecified atom stereocenters. The van der Waals surface area contributed by atoms with E-state index in [9.17, 15) is 13.2 Å². The minimum atomic E-state index is -3.55. The van der Waals surface area contributed by atoms with Crippen LogP contribution in [0.15, 0.2) is 12.7 Å². The van der Waals surface area contributed by atoms with E-state index < -0.39 is 22.0 Å². The van der Waals surface area contributed by atoms with Crippen LogP contribution in [0.4, 0.5) is 0 Å². The third kappa shape index (κ3) is 2.58. The zero-order valence-electron chi connectivity index (χ0n) is 9.00. The van der Waals surface area contributed by atoms with Gasteiger partial charge in [0.25, 0.3) is 0 Å². The summed E-state index contributed by atoms with van der Waals surface area (Å²) in [7, 11) is -3.55. The Kier molecular flexibility index (Phi) is 4.40. The lowest BCUT2D eigenvalue weighted by molar-refractivity contribution is -0.140. The van der Waals surface area contributed by atoms with Gasteiger partial charge in [-0.25, -0.2) is 8.42 Å². The molecule has 1 N–H and O–H groups in total. The Morgan fingerprint density at radius 3 is 2.75 bits per heavy atom. The number of nitrogens with zero attached hydrogens (tertiary/aromatic N) is 1. The predicted molar refractivity (Wildman–Crippen MR) is 63.8 cm³/mol. The van der Waals surface area contributed by atoms with Crippen molar-refractivity contribution in [3.8, 4) is 0 Å². The third-order valence-corrected chi connectivity index (χ3v) is 5.72. The fourth-order valence-electron chi connectivity index (χ4n) is 1.64. The van der Waals surface area contributed by atoms with Crippen LogP contribution < -0.4 is 0 Å². The fourth-order valence-corrected chi connectivity index (χ4v) is 5.07. The van der Waals surface area contributed by atoms with Gasteiger partial charge in [-0.3, -0.25) is 4.79 Å². The summed E-state index contributed by atoms with van der Waals surface area (Å²) in [5, 5.41) is 8.71. The maximum atomic E-state index is 11.9. The fraction of sp³-hybridized carbons (Fsp3) is 0.667. The summed E-state index contributed by atoms with van der Waals surface area (Å²) in [5.41, 5.74) is 0. The molecule has 1 aliphatic heterocycles. The molecular formula is C9H15NO4S2. The van der Waals surface area contributed by atoms with Crippen molar-refractivity contribution in [3.05, 3.63) is 12.7 Å². The first kappa shape index (κ1) is 13.5. The van der Waals surface area contributed by atoms with Crippen LogP contribution in [0.3, 0.4) is 0 Å². The molecule has 1 rings (SSSR count). The highest BCUT2D eigenvalue weighted by Gasteiger charge is 2.44. The number of hydrogen-bond acceptors (Lipinski definition) is 4. The largest absolute Gasteiger partial charge is 0.480 e. The predicted octanol–water partition coefficient (Wildman–Crippen LogP) is 0.740. The van der Waals surface area contributed by atoms with Crippen molar-refractivity contribution in [1.29, 1.82) is 0 Å². The molecule has 16 heavy (non-hydrogen) atoms. The number of sulfonamides is 1. The van der Waals surface area contributed by atoms with Gasteiger partial charge in [-0.1, -0.05) is 13.0 Å². The van der Waals surface area contributed by atoms with Crippen LogP contribution >= 0.6 is 11.8 Å². The summed E-state index contributed by atoms with van der Waals surface area (Å²) in [6.45, 7) is 5.22. The summed E-state index contributed by atoms with van der Waals surface area (Å²) in [6, 6.07) is -0.945. The molecule has 1 saturated heterocycles. The van der Waals surface area contributed by atoms with E-state index in [1.807, 2.05) is 6.92 Å². The van der Waals surface area contributed by atoms with Gasteiger partial charge >= 0.3 is 5.97 Å². The molecule has 0 bridgehead atoms. The first-order valence-electron chi connectivity index (χ1n) is 4.90.